The molecule has 0 fully saturated rings. The molecule has 2 aromatic rings. The fourth-order valence-corrected chi connectivity index (χ4v) is 1.70. The van der Waals surface area contributed by atoms with E-state index in [4.69, 9.17) is 15.6 Å². The molecule has 0 bridgehead atoms. The van der Waals surface area contributed by atoms with Crippen molar-refractivity contribution in [1.82, 2.24) is 4.98 Å². The second-order valence-electron chi connectivity index (χ2n) is 4.40. The molecule has 1 aromatic heterocycles. The molecule has 0 amide bonds. The molecule has 0 aliphatic carbocycles. The molecule has 104 valence electrons. The molecule has 0 saturated carbocycles. The minimum Gasteiger partial charge on any atom is -0.487 e. The number of aromatic nitrogens is 1. The van der Waals surface area contributed by atoms with Gasteiger partial charge in [0.25, 0.3) is 0 Å². The van der Waals surface area contributed by atoms with Crippen molar-refractivity contribution in [2.45, 2.75) is 19.1 Å². The zero-order chi connectivity index (χ0) is 14.4. The van der Waals surface area contributed by atoms with Crippen molar-refractivity contribution in [2.75, 3.05) is 0 Å². The third-order valence-electron chi connectivity index (χ3n) is 2.81. The van der Waals surface area contributed by atoms with E-state index in [-0.39, 0.29) is 0 Å². The summed E-state index contributed by atoms with van der Waals surface area (Å²) in [4.78, 5) is 14.8. The zero-order valence-corrected chi connectivity index (χ0v) is 10.9. The number of aliphatic carboxylic acids is 1. The number of carboxylic acid groups (broad SMARTS) is 1. The molecule has 5 nitrogen and oxygen atoms in total. The molecule has 5 heteroatoms. The number of nitrogens with zero attached hydrogens (tertiary/aromatic N) is 1. The number of ether oxygens (including phenoxy) is 1. The molecule has 0 saturated heterocycles. The van der Waals surface area contributed by atoms with E-state index in [9.17, 15) is 4.79 Å². The van der Waals surface area contributed by atoms with Crippen molar-refractivity contribution in [3.63, 3.8) is 0 Å². The van der Waals surface area contributed by atoms with E-state index in [0.29, 0.717) is 18.8 Å². The first-order valence-electron chi connectivity index (χ1n) is 6.25. The zero-order valence-electron chi connectivity index (χ0n) is 10.9. The number of pyridine rings is 1. The molecule has 0 unspecified atom stereocenters. The Labute approximate surface area is 117 Å². The number of rotatable bonds is 6. The first kappa shape index (κ1) is 14.0. The van der Waals surface area contributed by atoms with E-state index >= 15 is 0 Å². The van der Waals surface area contributed by atoms with Gasteiger partial charge in [-0.3, -0.25) is 9.78 Å². The van der Waals surface area contributed by atoms with Crippen molar-refractivity contribution >= 4 is 5.97 Å². The van der Waals surface area contributed by atoms with Crippen LogP contribution >= 0.6 is 0 Å². The van der Waals surface area contributed by atoms with Crippen molar-refractivity contribution in [1.29, 1.82) is 0 Å². The fraction of sp³-hybridized carbons (Fsp3) is 0.200. The number of nitrogens with two attached hydrogens (primary N) is 1. The van der Waals surface area contributed by atoms with E-state index in [1.807, 2.05) is 30.3 Å². The largest absolute Gasteiger partial charge is 0.487 e. The van der Waals surface area contributed by atoms with Gasteiger partial charge in [-0.1, -0.05) is 18.2 Å². The molecule has 1 aromatic carbocycles. The molecule has 1 heterocycles. The predicted molar refractivity (Wildman–Crippen MR) is 74.3 cm³/mol. The van der Waals surface area contributed by atoms with Crippen LogP contribution in [0.2, 0.25) is 0 Å². The summed E-state index contributed by atoms with van der Waals surface area (Å²) in [6, 6.07) is 12.0. The van der Waals surface area contributed by atoms with E-state index in [1.54, 1.807) is 18.3 Å². The van der Waals surface area contributed by atoms with Crippen LogP contribution in [0.15, 0.2) is 48.7 Å². The Morgan fingerprint density at radius 3 is 2.60 bits per heavy atom. The highest BCUT2D eigenvalue weighted by Crippen LogP contribution is 2.14. The van der Waals surface area contributed by atoms with E-state index in [0.717, 1.165) is 11.3 Å². The molecule has 1 atom stereocenters. The standard InChI is InChI=1S/C15H16N2O3/c16-14(15(18)19)9-11-4-6-13(7-5-11)20-10-12-3-1-2-8-17-12/h1-8,14H,9-10,16H2,(H,18,19)/t14-/m0/s1. The second kappa shape index (κ2) is 6.68. The van der Waals surface area contributed by atoms with Gasteiger partial charge in [0.05, 0.1) is 5.69 Å². The van der Waals surface area contributed by atoms with Gasteiger partial charge in [-0.05, 0) is 36.2 Å². The maximum atomic E-state index is 10.7. The Bertz CT molecular complexity index is 555. The van der Waals surface area contributed by atoms with Crippen molar-refractivity contribution in [3.8, 4) is 5.75 Å². The smallest absolute Gasteiger partial charge is 0.320 e. The van der Waals surface area contributed by atoms with Crippen LogP contribution in [-0.2, 0) is 17.8 Å². The van der Waals surface area contributed by atoms with Crippen molar-refractivity contribution < 1.29 is 14.6 Å². The monoisotopic (exact) mass is 272 g/mol. The van der Waals surface area contributed by atoms with Crippen LogP contribution in [0.1, 0.15) is 11.3 Å². The molecule has 2 rings (SSSR count). The van der Waals surface area contributed by atoms with Crippen molar-refractivity contribution in [2.24, 2.45) is 5.73 Å². The SMILES string of the molecule is N[C@@H](Cc1ccc(OCc2ccccn2)cc1)C(=O)O. The summed E-state index contributed by atoms with van der Waals surface area (Å²) in [6.07, 6.45) is 2.02. The Balaban J connectivity index is 1.90. The van der Waals surface area contributed by atoms with E-state index < -0.39 is 12.0 Å². The van der Waals surface area contributed by atoms with Gasteiger partial charge in [-0.25, -0.2) is 0 Å². The molecule has 20 heavy (non-hydrogen) atoms. The Hall–Kier alpha value is -2.40. The first-order chi connectivity index (χ1) is 9.65. The highest BCUT2D eigenvalue weighted by atomic mass is 16.5. The number of benzene rings is 1. The van der Waals surface area contributed by atoms with Crippen LogP contribution in [0.5, 0.6) is 5.75 Å². The minimum atomic E-state index is -1.000. The summed E-state index contributed by atoms with van der Waals surface area (Å²) in [7, 11) is 0. The number of hydrogen-bond acceptors (Lipinski definition) is 4. The van der Waals surface area contributed by atoms with Gasteiger partial charge in [0, 0.05) is 6.20 Å². The third kappa shape index (κ3) is 4.07. The maximum absolute atomic E-state index is 10.7. The number of carbonyl (C=O) groups is 1. The molecular formula is C15H16N2O3. The van der Waals surface area contributed by atoms with Gasteiger partial charge in [-0.15, -0.1) is 0 Å². The van der Waals surface area contributed by atoms with Gasteiger partial charge >= 0.3 is 5.97 Å². The summed E-state index contributed by atoms with van der Waals surface area (Å²) in [5.74, 6) is -0.288. The second-order valence-corrected chi connectivity index (χ2v) is 4.40. The highest BCUT2D eigenvalue weighted by molar-refractivity contribution is 5.73. The summed E-state index contributed by atoms with van der Waals surface area (Å²) in [5, 5.41) is 8.75. The van der Waals surface area contributed by atoms with Gasteiger partial charge < -0.3 is 15.6 Å². The molecule has 0 aliphatic heterocycles. The summed E-state index contributed by atoms with van der Waals surface area (Å²) >= 11 is 0. The first-order valence-corrected chi connectivity index (χ1v) is 6.25. The van der Waals surface area contributed by atoms with Crippen LogP contribution in [0.3, 0.4) is 0 Å². The molecule has 3 N–H and O–H groups in total. The summed E-state index contributed by atoms with van der Waals surface area (Å²) < 4.78 is 5.59. The molecule has 0 aliphatic rings. The Morgan fingerprint density at radius 2 is 2.00 bits per heavy atom. The van der Waals surface area contributed by atoms with Gasteiger partial charge in [0.15, 0.2) is 0 Å². The average Bonchev–Trinajstić information content (AvgIpc) is 2.47. The predicted octanol–water partition coefficient (Wildman–Crippen LogP) is 1.62. The average molecular weight is 272 g/mol. The fourth-order valence-electron chi connectivity index (χ4n) is 1.70. The lowest BCUT2D eigenvalue weighted by Gasteiger charge is -2.08. The van der Waals surface area contributed by atoms with Crippen LogP contribution in [-0.4, -0.2) is 22.1 Å². The number of hydrogen-bond donors (Lipinski definition) is 2. The lowest BCUT2D eigenvalue weighted by molar-refractivity contribution is -0.138. The van der Waals surface area contributed by atoms with E-state index in [2.05, 4.69) is 4.98 Å². The molecule has 0 spiro atoms. The quantitative estimate of drug-likeness (QED) is 0.834. The van der Waals surface area contributed by atoms with Crippen molar-refractivity contribution in [3.05, 3.63) is 59.9 Å². The van der Waals surface area contributed by atoms with Gasteiger partial charge in [0.1, 0.15) is 18.4 Å². The van der Waals surface area contributed by atoms with Crippen LogP contribution in [0.4, 0.5) is 0 Å². The van der Waals surface area contributed by atoms with Gasteiger partial charge in [-0.2, -0.15) is 0 Å². The molecular weight excluding hydrogens is 256 g/mol. The highest BCUT2D eigenvalue weighted by Gasteiger charge is 2.11. The Kier molecular flexibility index (Phi) is 4.68. The van der Waals surface area contributed by atoms with Gasteiger partial charge in [0.2, 0.25) is 0 Å². The van der Waals surface area contributed by atoms with E-state index in [1.165, 1.54) is 0 Å². The van der Waals surface area contributed by atoms with Crippen LogP contribution in [0, 0.1) is 0 Å². The Morgan fingerprint density at radius 1 is 1.25 bits per heavy atom. The topological polar surface area (TPSA) is 85.4 Å². The number of carboxylic acids is 1. The molecule has 0 radical (unpaired) electrons. The van der Waals surface area contributed by atoms with Crippen LogP contribution in [0.25, 0.3) is 0 Å². The summed E-state index contributed by atoms with van der Waals surface area (Å²) in [6.45, 7) is 0.398. The maximum Gasteiger partial charge on any atom is 0.320 e. The third-order valence-corrected chi connectivity index (χ3v) is 2.81. The lowest BCUT2D eigenvalue weighted by Crippen LogP contribution is -2.32. The normalized spacial score (nSPS) is 11.8. The lowest BCUT2D eigenvalue weighted by atomic mass is 10.1. The summed E-state index contributed by atoms with van der Waals surface area (Å²) in [5.41, 5.74) is 7.20. The minimum absolute atomic E-state index is 0.301. The van der Waals surface area contributed by atoms with Crippen LogP contribution < -0.4 is 10.5 Å².